The van der Waals surface area contributed by atoms with E-state index in [-0.39, 0.29) is 17.3 Å². The summed E-state index contributed by atoms with van der Waals surface area (Å²) in [5.41, 5.74) is -0.430. The maximum absolute atomic E-state index is 11.9. The van der Waals surface area contributed by atoms with Crippen molar-refractivity contribution in [1.82, 2.24) is 4.90 Å². The van der Waals surface area contributed by atoms with Gasteiger partial charge in [0.25, 0.3) is 0 Å². The first-order chi connectivity index (χ1) is 7.00. The van der Waals surface area contributed by atoms with Crippen LogP contribution in [0.25, 0.3) is 0 Å². The van der Waals surface area contributed by atoms with Crippen LogP contribution in [0, 0.1) is 0 Å². The molecule has 2 saturated heterocycles. The number of sulfone groups is 1. The van der Waals surface area contributed by atoms with E-state index < -0.39 is 15.4 Å². The fraction of sp³-hybridized carbons (Fsp3) is 0.900. The second-order valence-corrected chi connectivity index (χ2v) is 6.74. The van der Waals surface area contributed by atoms with Gasteiger partial charge in [0.05, 0.1) is 17.0 Å². The minimum Gasteiger partial charge on any atom is -0.298 e. The molecule has 0 aliphatic carbocycles. The normalized spacial score (nSPS) is 29.8. The maximum atomic E-state index is 11.9. The Morgan fingerprint density at radius 2 is 1.93 bits per heavy atom. The number of hydrogen-bond acceptors (Lipinski definition) is 4. The van der Waals surface area contributed by atoms with Gasteiger partial charge in [0.1, 0.15) is 9.84 Å². The molecule has 86 valence electrons. The number of carbonyl (C=O) groups excluding carboxylic acids is 1. The van der Waals surface area contributed by atoms with E-state index >= 15 is 0 Å². The molecule has 2 aliphatic rings. The molecule has 0 aromatic carbocycles. The molecule has 0 aromatic rings. The van der Waals surface area contributed by atoms with Crippen molar-refractivity contribution in [2.24, 2.45) is 0 Å². The van der Waals surface area contributed by atoms with Crippen LogP contribution in [-0.2, 0) is 14.6 Å². The predicted octanol–water partition coefficient (Wildman–Crippen LogP) is 0.229. The molecular weight excluding hydrogens is 214 g/mol. The summed E-state index contributed by atoms with van der Waals surface area (Å²) in [5.74, 6) is 0.601. The lowest BCUT2D eigenvalue weighted by molar-refractivity contribution is -0.125. The molecule has 5 heteroatoms. The minimum absolute atomic E-state index is 0.176. The predicted molar refractivity (Wildman–Crippen MR) is 57.5 cm³/mol. The van der Waals surface area contributed by atoms with E-state index in [1.807, 2.05) is 6.92 Å². The second-order valence-electron chi connectivity index (χ2n) is 4.44. The van der Waals surface area contributed by atoms with Crippen LogP contribution in [0.1, 0.15) is 26.2 Å². The van der Waals surface area contributed by atoms with Gasteiger partial charge in [0, 0.05) is 13.0 Å². The monoisotopic (exact) mass is 231 g/mol. The Labute approximate surface area is 90.6 Å². The van der Waals surface area contributed by atoms with Crippen molar-refractivity contribution in [3.05, 3.63) is 0 Å². The van der Waals surface area contributed by atoms with Crippen LogP contribution in [0.2, 0.25) is 0 Å². The first-order valence-electron chi connectivity index (χ1n) is 5.49. The Hall–Kier alpha value is -0.420. The van der Waals surface area contributed by atoms with Crippen LogP contribution in [0.3, 0.4) is 0 Å². The molecule has 0 bridgehead atoms. The average molecular weight is 231 g/mol. The Kier molecular flexibility index (Phi) is 2.63. The highest BCUT2D eigenvalue weighted by molar-refractivity contribution is 7.91. The van der Waals surface area contributed by atoms with Crippen molar-refractivity contribution in [3.63, 3.8) is 0 Å². The molecule has 0 saturated carbocycles. The Bertz CT molecular complexity index is 360. The van der Waals surface area contributed by atoms with E-state index in [4.69, 9.17) is 0 Å². The van der Waals surface area contributed by atoms with Gasteiger partial charge >= 0.3 is 0 Å². The first-order valence-corrected chi connectivity index (χ1v) is 7.31. The second kappa shape index (κ2) is 3.56. The van der Waals surface area contributed by atoms with Crippen molar-refractivity contribution in [2.45, 2.75) is 31.7 Å². The molecule has 0 aromatic heterocycles. The Morgan fingerprint density at radius 3 is 2.47 bits per heavy atom. The summed E-state index contributed by atoms with van der Waals surface area (Å²) in [6.07, 6.45) is 1.60. The third kappa shape index (κ3) is 1.72. The summed E-state index contributed by atoms with van der Waals surface area (Å²) in [6, 6.07) is 0. The Balaban J connectivity index is 2.23. The van der Waals surface area contributed by atoms with Crippen LogP contribution in [0.5, 0.6) is 0 Å². The van der Waals surface area contributed by atoms with Crippen molar-refractivity contribution in [1.29, 1.82) is 0 Å². The molecule has 0 amide bonds. The summed E-state index contributed by atoms with van der Waals surface area (Å²) in [5, 5.41) is 0. The van der Waals surface area contributed by atoms with Gasteiger partial charge in [-0.05, 0) is 19.4 Å². The molecule has 0 radical (unpaired) electrons. The molecule has 2 heterocycles. The molecule has 0 atom stereocenters. The van der Waals surface area contributed by atoms with Crippen LogP contribution in [0.15, 0.2) is 0 Å². The highest BCUT2D eigenvalue weighted by atomic mass is 32.2. The van der Waals surface area contributed by atoms with Crippen molar-refractivity contribution >= 4 is 15.6 Å². The van der Waals surface area contributed by atoms with Crippen molar-refractivity contribution in [2.75, 3.05) is 24.6 Å². The quantitative estimate of drug-likeness (QED) is 0.648. The molecule has 4 nitrogen and oxygen atoms in total. The van der Waals surface area contributed by atoms with Gasteiger partial charge in [-0.15, -0.1) is 0 Å². The largest absolute Gasteiger partial charge is 0.298 e. The Morgan fingerprint density at radius 1 is 1.33 bits per heavy atom. The lowest BCUT2D eigenvalue weighted by Gasteiger charge is -2.39. The van der Waals surface area contributed by atoms with Crippen LogP contribution in [-0.4, -0.2) is 49.2 Å². The standard InChI is InChI=1S/C10H17NO3S/c1-2-11-6-3-9(12)10(11)4-7-15(13,14)8-5-10/h2-8H2,1H3. The van der Waals surface area contributed by atoms with Gasteiger partial charge in [0.15, 0.2) is 5.78 Å². The molecule has 2 aliphatic heterocycles. The smallest absolute Gasteiger partial charge is 0.154 e. The number of carbonyl (C=O) groups is 1. The van der Waals surface area contributed by atoms with E-state index in [0.717, 1.165) is 13.1 Å². The third-order valence-corrected chi connectivity index (χ3v) is 5.42. The van der Waals surface area contributed by atoms with E-state index in [1.54, 1.807) is 0 Å². The van der Waals surface area contributed by atoms with Crippen molar-refractivity contribution in [3.8, 4) is 0 Å². The molecule has 0 unspecified atom stereocenters. The topological polar surface area (TPSA) is 54.5 Å². The van der Waals surface area contributed by atoms with Gasteiger partial charge in [-0.25, -0.2) is 8.42 Å². The highest BCUT2D eigenvalue weighted by Gasteiger charge is 2.50. The fourth-order valence-corrected chi connectivity index (χ4v) is 4.29. The summed E-state index contributed by atoms with van der Waals surface area (Å²) in [6.45, 7) is 3.67. The molecule has 1 spiro atoms. The zero-order chi connectivity index (χ0) is 11.1. The van der Waals surface area contributed by atoms with Crippen LogP contribution >= 0.6 is 0 Å². The first kappa shape index (κ1) is 11.1. The van der Waals surface area contributed by atoms with Crippen molar-refractivity contribution < 1.29 is 13.2 Å². The molecule has 0 N–H and O–H groups in total. The fourth-order valence-electron chi connectivity index (χ4n) is 2.79. The van der Waals surface area contributed by atoms with E-state index in [2.05, 4.69) is 4.90 Å². The third-order valence-electron chi connectivity index (χ3n) is 3.77. The van der Waals surface area contributed by atoms with E-state index in [1.165, 1.54) is 0 Å². The molecular formula is C10H17NO3S. The number of nitrogens with zero attached hydrogens (tertiary/aromatic N) is 1. The maximum Gasteiger partial charge on any atom is 0.154 e. The van der Waals surface area contributed by atoms with Gasteiger partial charge in [-0.2, -0.15) is 0 Å². The number of ketones is 1. The van der Waals surface area contributed by atoms with Crippen LogP contribution < -0.4 is 0 Å². The molecule has 2 rings (SSSR count). The zero-order valence-electron chi connectivity index (χ0n) is 9.03. The summed E-state index contributed by atoms with van der Waals surface area (Å²) < 4.78 is 22.7. The number of likely N-dealkylation sites (N-methyl/N-ethyl adjacent to an activating group) is 1. The highest BCUT2D eigenvalue weighted by Crippen LogP contribution is 2.36. The summed E-state index contributed by atoms with van der Waals surface area (Å²) in [7, 11) is -2.88. The zero-order valence-corrected chi connectivity index (χ0v) is 9.85. The number of Topliss-reactive ketones (excluding diaryl/α,β-unsaturated/α-hetero) is 1. The number of likely N-dealkylation sites (tertiary alicyclic amines) is 1. The molecule has 2 fully saturated rings. The van der Waals surface area contributed by atoms with Gasteiger partial charge < -0.3 is 0 Å². The average Bonchev–Trinajstić information content (AvgIpc) is 2.50. The number of rotatable bonds is 1. The van der Waals surface area contributed by atoms with E-state index in [0.29, 0.717) is 19.3 Å². The minimum atomic E-state index is -2.88. The van der Waals surface area contributed by atoms with Gasteiger partial charge in [-0.1, -0.05) is 6.92 Å². The lowest BCUT2D eigenvalue weighted by atomic mass is 9.88. The number of hydrogen-bond donors (Lipinski definition) is 0. The lowest BCUT2D eigenvalue weighted by Crippen LogP contribution is -2.53. The SMILES string of the molecule is CCN1CCC(=O)C12CCS(=O)(=O)CC2. The van der Waals surface area contributed by atoms with Gasteiger partial charge in [0.2, 0.25) is 0 Å². The van der Waals surface area contributed by atoms with E-state index in [9.17, 15) is 13.2 Å². The van der Waals surface area contributed by atoms with Crippen LogP contribution in [0.4, 0.5) is 0 Å². The molecule has 15 heavy (non-hydrogen) atoms. The summed E-state index contributed by atoms with van der Waals surface area (Å²) >= 11 is 0. The summed E-state index contributed by atoms with van der Waals surface area (Å²) in [4.78, 5) is 14.1. The van der Waals surface area contributed by atoms with Gasteiger partial charge in [-0.3, -0.25) is 9.69 Å².